The van der Waals surface area contributed by atoms with E-state index in [1.54, 1.807) is 13.0 Å². The van der Waals surface area contributed by atoms with Crippen LogP contribution in [0.4, 0.5) is 0 Å². The average molecular weight is 260 g/mol. The van der Waals surface area contributed by atoms with Gasteiger partial charge in [0.05, 0.1) is 5.57 Å². The van der Waals surface area contributed by atoms with Crippen molar-refractivity contribution in [3.63, 3.8) is 0 Å². The van der Waals surface area contributed by atoms with Crippen molar-refractivity contribution in [2.75, 3.05) is 0 Å². The number of hydrogen-bond donors (Lipinski definition) is 0. The number of ether oxygens (including phenoxy) is 2. The standard InChI is InChI=1S/C15H16O4/c1-3-7-14(16)18-10-12(2)15(17)19-11-13-8-5-4-6-9-13/h3-10H,11H2,1-2H3/b7-3+,12-10+. The van der Waals surface area contributed by atoms with Gasteiger partial charge in [-0.05, 0) is 19.4 Å². The maximum absolute atomic E-state index is 11.6. The number of benzene rings is 1. The smallest absolute Gasteiger partial charge is 0.337 e. The SMILES string of the molecule is C/C=C/C(=O)O/C=C(\C)C(=O)OCc1ccccc1. The van der Waals surface area contributed by atoms with E-state index in [1.807, 2.05) is 30.3 Å². The first kappa shape index (κ1) is 14.7. The predicted octanol–water partition coefficient (Wildman–Crippen LogP) is 2.75. The summed E-state index contributed by atoms with van der Waals surface area (Å²) < 4.78 is 9.79. The van der Waals surface area contributed by atoms with Crippen molar-refractivity contribution in [1.82, 2.24) is 0 Å². The molecule has 0 saturated heterocycles. The fraction of sp³-hybridized carbons (Fsp3) is 0.200. The number of rotatable bonds is 5. The quantitative estimate of drug-likeness (QED) is 0.464. The molecule has 0 aliphatic carbocycles. The van der Waals surface area contributed by atoms with Crippen molar-refractivity contribution in [2.24, 2.45) is 0 Å². The van der Waals surface area contributed by atoms with Gasteiger partial charge in [0, 0.05) is 6.08 Å². The number of esters is 2. The lowest BCUT2D eigenvalue weighted by atomic mass is 10.2. The Kier molecular flexibility index (Phi) is 6.09. The van der Waals surface area contributed by atoms with Gasteiger partial charge in [0.2, 0.25) is 0 Å². The molecule has 19 heavy (non-hydrogen) atoms. The normalized spacial score (nSPS) is 11.4. The second-order valence-corrected chi connectivity index (χ2v) is 3.80. The highest BCUT2D eigenvalue weighted by atomic mass is 16.5. The summed E-state index contributed by atoms with van der Waals surface area (Å²) in [4.78, 5) is 22.6. The maximum Gasteiger partial charge on any atom is 0.337 e. The van der Waals surface area contributed by atoms with E-state index >= 15 is 0 Å². The van der Waals surface area contributed by atoms with Crippen LogP contribution in [-0.2, 0) is 25.7 Å². The summed E-state index contributed by atoms with van der Waals surface area (Å²) in [5, 5.41) is 0. The third-order valence-corrected chi connectivity index (χ3v) is 2.19. The van der Waals surface area contributed by atoms with Gasteiger partial charge in [0.25, 0.3) is 0 Å². The summed E-state index contributed by atoms with van der Waals surface area (Å²) in [6, 6.07) is 9.34. The van der Waals surface area contributed by atoms with Gasteiger partial charge in [0.15, 0.2) is 0 Å². The Morgan fingerprint density at radius 1 is 1.21 bits per heavy atom. The molecule has 0 unspecified atom stereocenters. The van der Waals surface area contributed by atoms with Gasteiger partial charge in [-0.2, -0.15) is 0 Å². The van der Waals surface area contributed by atoms with E-state index in [4.69, 9.17) is 9.47 Å². The summed E-state index contributed by atoms with van der Waals surface area (Å²) in [7, 11) is 0. The van der Waals surface area contributed by atoms with E-state index in [0.29, 0.717) is 0 Å². The molecule has 0 fully saturated rings. The molecule has 1 aromatic carbocycles. The fourth-order valence-electron chi connectivity index (χ4n) is 1.21. The molecule has 0 aliphatic rings. The van der Waals surface area contributed by atoms with Crippen LogP contribution < -0.4 is 0 Å². The highest BCUT2D eigenvalue weighted by Crippen LogP contribution is 2.04. The molecular weight excluding hydrogens is 244 g/mol. The van der Waals surface area contributed by atoms with Gasteiger partial charge in [-0.25, -0.2) is 9.59 Å². The number of carbonyl (C=O) groups excluding carboxylic acids is 2. The largest absolute Gasteiger partial charge is 0.457 e. The number of allylic oxidation sites excluding steroid dienone is 1. The Balaban J connectivity index is 2.44. The molecule has 0 aliphatic heterocycles. The highest BCUT2D eigenvalue weighted by Gasteiger charge is 2.07. The van der Waals surface area contributed by atoms with Gasteiger partial charge in [-0.3, -0.25) is 0 Å². The van der Waals surface area contributed by atoms with E-state index in [-0.39, 0.29) is 12.2 Å². The van der Waals surface area contributed by atoms with Crippen LogP contribution >= 0.6 is 0 Å². The number of carbonyl (C=O) groups is 2. The van der Waals surface area contributed by atoms with Crippen LogP contribution in [0.3, 0.4) is 0 Å². The van der Waals surface area contributed by atoms with Crippen LogP contribution in [0.15, 0.2) is 54.3 Å². The van der Waals surface area contributed by atoms with Gasteiger partial charge in [0.1, 0.15) is 12.9 Å². The van der Waals surface area contributed by atoms with Crippen LogP contribution in [0, 0.1) is 0 Å². The third-order valence-electron chi connectivity index (χ3n) is 2.19. The van der Waals surface area contributed by atoms with Gasteiger partial charge >= 0.3 is 11.9 Å². The third kappa shape index (κ3) is 5.68. The Hall–Kier alpha value is -2.36. The van der Waals surface area contributed by atoms with Crippen LogP contribution in [0.1, 0.15) is 19.4 Å². The first-order valence-corrected chi connectivity index (χ1v) is 5.84. The molecule has 0 radical (unpaired) electrons. The molecule has 1 rings (SSSR count). The van der Waals surface area contributed by atoms with Crippen molar-refractivity contribution in [2.45, 2.75) is 20.5 Å². The van der Waals surface area contributed by atoms with Crippen LogP contribution in [0.2, 0.25) is 0 Å². The zero-order valence-electron chi connectivity index (χ0n) is 11.0. The Labute approximate surface area is 112 Å². The first-order chi connectivity index (χ1) is 9.13. The van der Waals surface area contributed by atoms with E-state index < -0.39 is 11.9 Å². The molecule has 0 N–H and O–H groups in total. The molecule has 1 aromatic rings. The van der Waals surface area contributed by atoms with Gasteiger partial charge in [-0.1, -0.05) is 36.4 Å². The Bertz CT molecular complexity index is 486. The van der Waals surface area contributed by atoms with Crippen LogP contribution in [0.5, 0.6) is 0 Å². The molecule has 0 saturated carbocycles. The molecule has 0 heterocycles. The summed E-state index contributed by atoms with van der Waals surface area (Å²) in [5.41, 5.74) is 1.13. The van der Waals surface area contributed by atoms with Gasteiger partial charge < -0.3 is 9.47 Å². The van der Waals surface area contributed by atoms with E-state index in [1.165, 1.54) is 13.0 Å². The minimum Gasteiger partial charge on any atom is -0.457 e. The summed E-state index contributed by atoms with van der Waals surface area (Å²) >= 11 is 0. The minimum absolute atomic E-state index is 0.188. The Morgan fingerprint density at radius 2 is 1.89 bits per heavy atom. The minimum atomic E-state index is -0.530. The maximum atomic E-state index is 11.6. The van der Waals surface area contributed by atoms with Crippen molar-refractivity contribution in [1.29, 1.82) is 0 Å². The molecule has 0 amide bonds. The Morgan fingerprint density at radius 3 is 2.53 bits per heavy atom. The predicted molar refractivity (Wildman–Crippen MR) is 70.9 cm³/mol. The van der Waals surface area contributed by atoms with E-state index in [0.717, 1.165) is 11.8 Å². The average Bonchev–Trinajstić information content (AvgIpc) is 2.43. The topological polar surface area (TPSA) is 52.6 Å². The molecular formula is C15H16O4. The summed E-state index contributed by atoms with van der Waals surface area (Å²) in [5.74, 6) is -1.05. The molecule has 4 nitrogen and oxygen atoms in total. The highest BCUT2D eigenvalue weighted by molar-refractivity contribution is 5.88. The van der Waals surface area contributed by atoms with Gasteiger partial charge in [-0.15, -0.1) is 0 Å². The fourth-order valence-corrected chi connectivity index (χ4v) is 1.21. The van der Waals surface area contributed by atoms with Crippen LogP contribution in [-0.4, -0.2) is 11.9 Å². The zero-order valence-corrected chi connectivity index (χ0v) is 11.0. The van der Waals surface area contributed by atoms with Crippen molar-refractivity contribution < 1.29 is 19.1 Å². The first-order valence-electron chi connectivity index (χ1n) is 5.84. The van der Waals surface area contributed by atoms with Crippen molar-refractivity contribution >= 4 is 11.9 Å². The zero-order chi connectivity index (χ0) is 14.1. The lowest BCUT2D eigenvalue weighted by Gasteiger charge is -2.04. The summed E-state index contributed by atoms with van der Waals surface area (Å²) in [6.07, 6.45) is 3.91. The lowest BCUT2D eigenvalue weighted by Crippen LogP contribution is -2.07. The summed E-state index contributed by atoms with van der Waals surface area (Å²) in [6.45, 7) is 3.41. The molecule has 0 aromatic heterocycles. The van der Waals surface area contributed by atoms with Crippen LogP contribution in [0.25, 0.3) is 0 Å². The number of hydrogen-bond acceptors (Lipinski definition) is 4. The lowest BCUT2D eigenvalue weighted by molar-refractivity contribution is -0.140. The molecule has 0 bridgehead atoms. The second-order valence-electron chi connectivity index (χ2n) is 3.80. The molecule has 0 atom stereocenters. The molecule has 4 heteroatoms. The monoisotopic (exact) mass is 260 g/mol. The van der Waals surface area contributed by atoms with E-state index in [2.05, 4.69) is 0 Å². The van der Waals surface area contributed by atoms with Crippen molar-refractivity contribution in [3.8, 4) is 0 Å². The second kappa shape index (κ2) is 7.87. The molecule has 100 valence electrons. The van der Waals surface area contributed by atoms with Crippen molar-refractivity contribution in [3.05, 3.63) is 59.9 Å². The molecule has 0 spiro atoms. The van der Waals surface area contributed by atoms with E-state index in [9.17, 15) is 9.59 Å².